The number of amides is 4. The van der Waals surface area contributed by atoms with Gasteiger partial charge in [0.15, 0.2) is 0 Å². The molecule has 1 aliphatic heterocycles. The van der Waals surface area contributed by atoms with Crippen molar-refractivity contribution in [3.63, 3.8) is 0 Å². The number of imide groups is 1. The zero-order chi connectivity index (χ0) is 19.4. The minimum Gasteiger partial charge on any atom is -0.325 e. The number of hydrogen-bond acceptors (Lipinski definition) is 3. The molecular weight excluding hydrogens is 349 g/mol. The van der Waals surface area contributed by atoms with Crippen molar-refractivity contribution >= 4 is 23.5 Å². The van der Waals surface area contributed by atoms with E-state index in [0.717, 1.165) is 4.90 Å². The fourth-order valence-corrected chi connectivity index (χ4v) is 3.25. The summed E-state index contributed by atoms with van der Waals surface area (Å²) in [5.74, 6) is -1.41. The SMILES string of the molecule is CCCC1(c2ccccc2)NC(=O)N(CC(=O)Nc2ccc(F)cc2)C1=O. The third-order valence-corrected chi connectivity index (χ3v) is 4.50. The van der Waals surface area contributed by atoms with E-state index in [1.165, 1.54) is 24.3 Å². The lowest BCUT2D eigenvalue weighted by Gasteiger charge is -2.26. The summed E-state index contributed by atoms with van der Waals surface area (Å²) in [6.45, 7) is 1.51. The smallest absolute Gasteiger partial charge is 0.325 e. The van der Waals surface area contributed by atoms with E-state index < -0.39 is 35.7 Å². The molecule has 0 spiro atoms. The van der Waals surface area contributed by atoms with Crippen LogP contribution in [0.25, 0.3) is 0 Å². The van der Waals surface area contributed by atoms with E-state index in [1.54, 1.807) is 24.3 Å². The average molecular weight is 369 g/mol. The minimum absolute atomic E-state index is 0.385. The maximum Gasteiger partial charge on any atom is 0.325 e. The normalized spacial score (nSPS) is 19.1. The van der Waals surface area contributed by atoms with Crippen molar-refractivity contribution in [1.82, 2.24) is 10.2 Å². The molecule has 1 saturated heterocycles. The average Bonchev–Trinajstić information content (AvgIpc) is 2.90. The first-order chi connectivity index (χ1) is 13.0. The van der Waals surface area contributed by atoms with Crippen LogP contribution in [-0.4, -0.2) is 29.3 Å². The van der Waals surface area contributed by atoms with Crippen molar-refractivity contribution in [3.05, 3.63) is 66.0 Å². The van der Waals surface area contributed by atoms with Gasteiger partial charge in [0, 0.05) is 5.69 Å². The third-order valence-electron chi connectivity index (χ3n) is 4.50. The molecule has 6 nitrogen and oxygen atoms in total. The van der Waals surface area contributed by atoms with Crippen LogP contribution < -0.4 is 10.6 Å². The van der Waals surface area contributed by atoms with Crippen LogP contribution in [0.5, 0.6) is 0 Å². The second-order valence-corrected chi connectivity index (χ2v) is 6.40. The molecule has 7 heteroatoms. The molecule has 1 heterocycles. The highest BCUT2D eigenvalue weighted by Crippen LogP contribution is 2.33. The lowest BCUT2D eigenvalue weighted by Crippen LogP contribution is -2.44. The highest BCUT2D eigenvalue weighted by Gasteiger charge is 2.52. The van der Waals surface area contributed by atoms with E-state index in [-0.39, 0.29) is 0 Å². The summed E-state index contributed by atoms with van der Waals surface area (Å²) >= 11 is 0. The number of rotatable bonds is 6. The van der Waals surface area contributed by atoms with Gasteiger partial charge in [-0.2, -0.15) is 0 Å². The van der Waals surface area contributed by atoms with Gasteiger partial charge in [0.2, 0.25) is 5.91 Å². The predicted octanol–water partition coefficient (Wildman–Crippen LogP) is 3.01. The molecule has 4 amide bonds. The Balaban J connectivity index is 1.78. The van der Waals surface area contributed by atoms with E-state index in [4.69, 9.17) is 0 Å². The first-order valence-corrected chi connectivity index (χ1v) is 8.71. The summed E-state index contributed by atoms with van der Waals surface area (Å²) in [5.41, 5.74) is -0.0912. The molecule has 1 aliphatic rings. The van der Waals surface area contributed by atoms with E-state index in [2.05, 4.69) is 10.6 Å². The van der Waals surface area contributed by atoms with Crippen molar-refractivity contribution in [3.8, 4) is 0 Å². The van der Waals surface area contributed by atoms with Gasteiger partial charge in [0.25, 0.3) is 5.91 Å². The number of nitrogens with one attached hydrogen (secondary N) is 2. The van der Waals surface area contributed by atoms with Gasteiger partial charge in [-0.1, -0.05) is 43.7 Å². The summed E-state index contributed by atoms with van der Waals surface area (Å²) in [6, 6.07) is 13.6. The van der Waals surface area contributed by atoms with Crippen molar-refractivity contribution in [1.29, 1.82) is 0 Å². The summed E-state index contributed by atoms with van der Waals surface area (Å²) in [5, 5.41) is 5.33. The zero-order valence-corrected chi connectivity index (χ0v) is 14.9. The summed E-state index contributed by atoms with van der Waals surface area (Å²) in [4.78, 5) is 38.7. The highest BCUT2D eigenvalue weighted by molar-refractivity contribution is 6.10. The van der Waals surface area contributed by atoms with Crippen molar-refractivity contribution in [2.45, 2.75) is 25.3 Å². The molecular formula is C20H20FN3O3. The Hall–Kier alpha value is -3.22. The number of benzene rings is 2. The fourth-order valence-electron chi connectivity index (χ4n) is 3.25. The number of halogens is 1. The van der Waals surface area contributed by atoms with Gasteiger partial charge < -0.3 is 10.6 Å². The first-order valence-electron chi connectivity index (χ1n) is 8.71. The first kappa shape index (κ1) is 18.6. The molecule has 3 rings (SSSR count). The molecule has 0 aliphatic carbocycles. The molecule has 1 unspecified atom stereocenters. The second-order valence-electron chi connectivity index (χ2n) is 6.40. The Morgan fingerprint density at radius 1 is 1.11 bits per heavy atom. The number of carbonyl (C=O) groups excluding carboxylic acids is 3. The van der Waals surface area contributed by atoms with Gasteiger partial charge in [0.1, 0.15) is 17.9 Å². The van der Waals surface area contributed by atoms with Crippen LogP contribution in [0.1, 0.15) is 25.3 Å². The van der Waals surface area contributed by atoms with Gasteiger partial charge in [-0.15, -0.1) is 0 Å². The molecule has 2 aromatic carbocycles. The fraction of sp³-hybridized carbons (Fsp3) is 0.250. The van der Waals surface area contributed by atoms with Gasteiger partial charge >= 0.3 is 6.03 Å². The molecule has 27 heavy (non-hydrogen) atoms. The largest absolute Gasteiger partial charge is 0.325 e. The number of nitrogens with zero attached hydrogens (tertiary/aromatic N) is 1. The summed E-state index contributed by atoms with van der Waals surface area (Å²) < 4.78 is 13.0. The van der Waals surface area contributed by atoms with E-state index in [9.17, 15) is 18.8 Å². The second kappa shape index (κ2) is 7.57. The van der Waals surface area contributed by atoms with Crippen LogP contribution in [0.2, 0.25) is 0 Å². The van der Waals surface area contributed by atoms with Crippen molar-refractivity contribution < 1.29 is 18.8 Å². The summed E-state index contributed by atoms with van der Waals surface area (Å²) in [7, 11) is 0. The Labute approximate surface area is 156 Å². The number of carbonyl (C=O) groups is 3. The molecule has 1 fully saturated rings. The van der Waals surface area contributed by atoms with Crippen molar-refractivity contribution in [2.24, 2.45) is 0 Å². The number of urea groups is 1. The monoisotopic (exact) mass is 369 g/mol. The third kappa shape index (κ3) is 3.67. The van der Waals surface area contributed by atoms with Gasteiger partial charge in [-0.3, -0.25) is 14.5 Å². The molecule has 2 N–H and O–H groups in total. The molecule has 0 radical (unpaired) electrons. The Morgan fingerprint density at radius 2 is 1.78 bits per heavy atom. The van der Waals surface area contributed by atoms with E-state index >= 15 is 0 Å². The topological polar surface area (TPSA) is 78.5 Å². The van der Waals surface area contributed by atoms with Crippen molar-refractivity contribution in [2.75, 3.05) is 11.9 Å². The van der Waals surface area contributed by atoms with Gasteiger partial charge in [-0.25, -0.2) is 9.18 Å². The van der Waals surface area contributed by atoms with Crippen LogP contribution in [0, 0.1) is 5.82 Å². The zero-order valence-electron chi connectivity index (χ0n) is 14.9. The van der Waals surface area contributed by atoms with E-state index in [1.807, 2.05) is 13.0 Å². The van der Waals surface area contributed by atoms with Crippen LogP contribution in [0.3, 0.4) is 0 Å². The predicted molar refractivity (Wildman–Crippen MR) is 98.3 cm³/mol. The van der Waals surface area contributed by atoms with E-state index in [0.29, 0.717) is 24.1 Å². The highest BCUT2D eigenvalue weighted by atomic mass is 19.1. The number of hydrogen-bond donors (Lipinski definition) is 2. The van der Waals surface area contributed by atoms with Crippen LogP contribution in [0.15, 0.2) is 54.6 Å². The summed E-state index contributed by atoms with van der Waals surface area (Å²) in [6.07, 6.45) is 1.11. The molecule has 0 saturated carbocycles. The number of anilines is 1. The van der Waals surface area contributed by atoms with Gasteiger partial charge in [0.05, 0.1) is 0 Å². The molecule has 140 valence electrons. The van der Waals surface area contributed by atoms with Crippen LogP contribution >= 0.6 is 0 Å². The Bertz CT molecular complexity index is 855. The molecule has 0 aromatic heterocycles. The lowest BCUT2D eigenvalue weighted by molar-refractivity contribution is -0.134. The molecule has 2 aromatic rings. The minimum atomic E-state index is -1.16. The molecule has 0 bridgehead atoms. The lowest BCUT2D eigenvalue weighted by atomic mass is 9.85. The van der Waals surface area contributed by atoms with Gasteiger partial charge in [-0.05, 0) is 36.2 Å². The Morgan fingerprint density at radius 3 is 2.41 bits per heavy atom. The quantitative estimate of drug-likeness (QED) is 0.769. The maximum absolute atomic E-state index is 13.1. The Kier molecular flexibility index (Phi) is 5.21. The van der Waals surface area contributed by atoms with Crippen LogP contribution in [0.4, 0.5) is 14.9 Å². The molecule has 1 atom stereocenters. The maximum atomic E-state index is 13.1. The standard InChI is InChI=1S/C20H20FN3O3/c1-2-12-20(14-6-4-3-5-7-14)18(26)24(19(27)23-20)13-17(25)22-16-10-8-15(21)9-11-16/h3-11H,2,12-13H2,1H3,(H,22,25)(H,23,27). The van der Waals surface area contributed by atoms with Crippen LogP contribution in [-0.2, 0) is 15.1 Å².